The molecule has 1 aliphatic heterocycles. The van der Waals surface area contributed by atoms with E-state index in [1.165, 1.54) is 0 Å². The summed E-state index contributed by atoms with van der Waals surface area (Å²) in [7, 11) is 0. The van der Waals surface area contributed by atoms with E-state index >= 15 is 0 Å². The molecular weight excluding hydrogens is 394 g/mol. The maximum Gasteiger partial charge on any atom is 0.209 e. The van der Waals surface area contributed by atoms with Crippen LogP contribution in [0.25, 0.3) is 17.1 Å². The fourth-order valence-corrected chi connectivity index (χ4v) is 4.95. The lowest BCUT2D eigenvalue weighted by Gasteiger charge is -2.35. The van der Waals surface area contributed by atoms with Gasteiger partial charge in [0.05, 0.1) is 17.1 Å². The third-order valence-electron chi connectivity index (χ3n) is 6.41. The van der Waals surface area contributed by atoms with Gasteiger partial charge in [-0.2, -0.15) is 0 Å². The number of hydrogen-bond donors (Lipinski definition) is 1. The van der Waals surface area contributed by atoms with E-state index in [1.54, 1.807) is 0 Å². The molecule has 0 saturated heterocycles. The van der Waals surface area contributed by atoms with Gasteiger partial charge in [-0.15, -0.1) is 0 Å². The zero-order valence-electron chi connectivity index (χ0n) is 17.6. The van der Waals surface area contributed by atoms with Gasteiger partial charge in [-0.1, -0.05) is 84.9 Å². The Morgan fingerprint density at radius 2 is 1.59 bits per heavy atom. The second kappa shape index (κ2) is 7.65. The molecule has 1 aromatic heterocycles. The van der Waals surface area contributed by atoms with Crippen molar-refractivity contribution in [2.24, 2.45) is 5.92 Å². The van der Waals surface area contributed by atoms with Crippen LogP contribution in [0, 0.1) is 5.92 Å². The highest BCUT2D eigenvalue weighted by Gasteiger charge is 2.38. The molecule has 32 heavy (non-hydrogen) atoms. The summed E-state index contributed by atoms with van der Waals surface area (Å²) in [6, 6.07) is 28.5. The molecule has 0 saturated carbocycles. The number of fused-ring (bicyclic) bond motifs is 3. The van der Waals surface area contributed by atoms with Gasteiger partial charge in [0.15, 0.2) is 5.78 Å². The Hall–Kier alpha value is -3.92. The lowest BCUT2D eigenvalue weighted by molar-refractivity contribution is -0.117. The van der Waals surface area contributed by atoms with Gasteiger partial charge in [-0.25, -0.2) is 4.98 Å². The molecule has 1 N–H and O–H groups in total. The number of ketones is 1. The molecule has 4 nitrogen and oxygen atoms in total. The summed E-state index contributed by atoms with van der Waals surface area (Å²) in [5.41, 5.74) is 6.10. The Bertz CT molecular complexity index is 1370. The number of para-hydroxylation sites is 2. The van der Waals surface area contributed by atoms with Crippen molar-refractivity contribution in [3.05, 3.63) is 113 Å². The molecule has 0 bridgehead atoms. The summed E-state index contributed by atoms with van der Waals surface area (Å²) < 4.78 is 2.18. The SMILES string of the molecule is O=C1C[C@H](/C=C/c2ccccc2)CC2=C1[C@@H](c1ccccc1)n1c(nc3ccccc31)N2. The monoisotopic (exact) mass is 417 g/mol. The lowest BCUT2D eigenvalue weighted by atomic mass is 9.80. The average Bonchev–Trinajstić information content (AvgIpc) is 3.20. The minimum atomic E-state index is -0.165. The highest BCUT2D eigenvalue weighted by atomic mass is 16.1. The third kappa shape index (κ3) is 3.16. The van der Waals surface area contributed by atoms with Gasteiger partial charge in [-0.3, -0.25) is 9.36 Å². The number of anilines is 1. The smallest absolute Gasteiger partial charge is 0.209 e. The van der Waals surface area contributed by atoms with Crippen molar-refractivity contribution in [3.63, 3.8) is 0 Å². The van der Waals surface area contributed by atoms with Crippen molar-refractivity contribution >= 4 is 28.8 Å². The van der Waals surface area contributed by atoms with Crippen LogP contribution in [0.5, 0.6) is 0 Å². The zero-order valence-corrected chi connectivity index (χ0v) is 17.6. The fraction of sp³-hybridized carbons (Fsp3) is 0.143. The molecule has 2 heterocycles. The van der Waals surface area contributed by atoms with E-state index in [9.17, 15) is 4.79 Å². The van der Waals surface area contributed by atoms with Crippen molar-refractivity contribution in [1.82, 2.24) is 9.55 Å². The van der Waals surface area contributed by atoms with E-state index in [0.717, 1.165) is 45.8 Å². The predicted molar refractivity (Wildman–Crippen MR) is 128 cm³/mol. The molecule has 0 amide bonds. The maximum absolute atomic E-state index is 13.5. The van der Waals surface area contributed by atoms with Crippen molar-refractivity contribution in [1.29, 1.82) is 0 Å². The minimum Gasteiger partial charge on any atom is -0.329 e. The molecule has 6 rings (SSSR count). The van der Waals surface area contributed by atoms with Crippen molar-refractivity contribution in [2.45, 2.75) is 18.9 Å². The van der Waals surface area contributed by atoms with Crippen LogP contribution in [-0.2, 0) is 4.79 Å². The summed E-state index contributed by atoms with van der Waals surface area (Å²) >= 11 is 0. The van der Waals surface area contributed by atoms with E-state index < -0.39 is 0 Å². The number of carbonyl (C=O) groups excluding carboxylic acids is 1. The Labute approximate surface area is 186 Å². The van der Waals surface area contributed by atoms with Crippen LogP contribution in [0.3, 0.4) is 0 Å². The van der Waals surface area contributed by atoms with Crippen LogP contribution < -0.4 is 5.32 Å². The highest BCUT2D eigenvalue weighted by molar-refractivity contribution is 6.00. The largest absolute Gasteiger partial charge is 0.329 e. The summed E-state index contributed by atoms with van der Waals surface area (Å²) in [6.07, 6.45) is 5.62. The first kappa shape index (κ1) is 18.8. The quantitative estimate of drug-likeness (QED) is 0.445. The molecule has 0 fully saturated rings. The first-order valence-electron chi connectivity index (χ1n) is 11.1. The molecule has 1 aliphatic carbocycles. The third-order valence-corrected chi connectivity index (χ3v) is 6.41. The molecular formula is C28H23N3O. The van der Waals surface area contributed by atoms with Gasteiger partial charge in [0.1, 0.15) is 0 Å². The fourth-order valence-electron chi connectivity index (χ4n) is 4.95. The zero-order chi connectivity index (χ0) is 21.5. The highest BCUT2D eigenvalue weighted by Crippen LogP contribution is 2.44. The molecule has 0 radical (unpaired) electrons. The van der Waals surface area contributed by atoms with E-state index in [0.29, 0.717) is 6.42 Å². The Morgan fingerprint density at radius 3 is 2.41 bits per heavy atom. The average molecular weight is 418 g/mol. The molecule has 3 aromatic carbocycles. The van der Waals surface area contributed by atoms with E-state index in [4.69, 9.17) is 4.98 Å². The molecule has 2 atom stereocenters. The Balaban J connectivity index is 1.44. The minimum absolute atomic E-state index is 0.165. The van der Waals surface area contributed by atoms with Crippen molar-refractivity contribution in [3.8, 4) is 0 Å². The van der Waals surface area contributed by atoms with Gasteiger partial charge < -0.3 is 5.32 Å². The van der Waals surface area contributed by atoms with Gasteiger partial charge in [0, 0.05) is 17.7 Å². The molecule has 4 aromatic rings. The van der Waals surface area contributed by atoms with E-state index in [-0.39, 0.29) is 17.7 Å². The Kier molecular flexibility index (Phi) is 4.50. The molecule has 0 spiro atoms. The van der Waals surface area contributed by atoms with Gasteiger partial charge in [-0.05, 0) is 35.6 Å². The summed E-state index contributed by atoms with van der Waals surface area (Å²) in [6.45, 7) is 0. The predicted octanol–water partition coefficient (Wildman–Crippen LogP) is 6.00. The Morgan fingerprint density at radius 1 is 0.875 bits per heavy atom. The second-order valence-corrected chi connectivity index (χ2v) is 8.49. The summed E-state index contributed by atoms with van der Waals surface area (Å²) in [5, 5.41) is 3.52. The second-order valence-electron chi connectivity index (χ2n) is 8.49. The van der Waals surface area contributed by atoms with E-state index in [2.05, 4.69) is 52.4 Å². The summed E-state index contributed by atoms with van der Waals surface area (Å²) in [4.78, 5) is 18.4. The van der Waals surface area contributed by atoms with Crippen molar-refractivity contribution in [2.75, 3.05) is 5.32 Å². The van der Waals surface area contributed by atoms with Gasteiger partial charge in [0.25, 0.3) is 0 Å². The van der Waals surface area contributed by atoms with Gasteiger partial charge in [0.2, 0.25) is 5.95 Å². The molecule has 2 aliphatic rings. The number of benzene rings is 3. The first-order chi connectivity index (χ1) is 15.8. The number of hydrogen-bond acceptors (Lipinski definition) is 3. The van der Waals surface area contributed by atoms with Gasteiger partial charge >= 0.3 is 0 Å². The number of imidazole rings is 1. The van der Waals surface area contributed by atoms with Crippen LogP contribution in [0.2, 0.25) is 0 Å². The number of rotatable bonds is 3. The summed E-state index contributed by atoms with van der Waals surface area (Å²) in [5.74, 6) is 1.18. The number of allylic oxidation sites excluding steroid dienone is 3. The molecule has 0 unspecified atom stereocenters. The van der Waals surface area contributed by atoms with Crippen LogP contribution >= 0.6 is 0 Å². The standard InChI is InChI=1S/C28H23N3O/c32-25-18-20(16-15-19-9-3-1-4-10-19)17-23-26(25)27(21-11-5-2-6-12-21)31-24-14-8-7-13-22(24)29-28(31)30-23/h1-16,20,27H,17-18H2,(H,29,30)/b16-15+/t20-,27-/m1/s1. The number of aromatic nitrogens is 2. The van der Waals surface area contributed by atoms with Crippen molar-refractivity contribution < 1.29 is 4.79 Å². The lowest BCUT2D eigenvalue weighted by Crippen LogP contribution is -2.33. The number of nitrogens with one attached hydrogen (secondary N) is 1. The number of Topliss-reactive ketones (excluding diaryl/α,β-unsaturated/α-hetero) is 1. The number of carbonyl (C=O) groups is 1. The molecule has 4 heteroatoms. The van der Waals surface area contributed by atoms with Crippen LogP contribution in [0.1, 0.15) is 30.0 Å². The van der Waals surface area contributed by atoms with E-state index in [1.807, 2.05) is 54.6 Å². The molecule has 156 valence electrons. The topological polar surface area (TPSA) is 46.9 Å². The number of nitrogens with zero attached hydrogens (tertiary/aromatic N) is 2. The first-order valence-corrected chi connectivity index (χ1v) is 11.1. The maximum atomic E-state index is 13.5. The van der Waals surface area contributed by atoms with Crippen LogP contribution in [0.4, 0.5) is 5.95 Å². The van der Waals surface area contributed by atoms with Crippen LogP contribution in [0.15, 0.2) is 102 Å². The van der Waals surface area contributed by atoms with Crippen LogP contribution in [-0.4, -0.2) is 15.3 Å². The normalized spacial score (nSPS) is 20.3.